The predicted octanol–water partition coefficient (Wildman–Crippen LogP) is 2.29. The summed E-state index contributed by atoms with van der Waals surface area (Å²) in [5, 5.41) is 8.70. The number of hydrogen-bond acceptors (Lipinski definition) is 3. The maximum absolute atomic E-state index is 6.05. The first kappa shape index (κ1) is 9.82. The van der Waals surface area contributed by atoms with Gasteiger partial charge in [-0.1, -0.05) is 23.2 Å². The van der Waals surface area contributed by atoms with E-state index >= 15 is 0 Å². The van der Waals surface area contributed by atoms with Gasteiger partial charge in [-0.15, -0.1) is 10.2 Å². The summed E-state index contributed by atoms with van der Waals surface area (Å²) in [6.45, 7) is 1.67. The number of nitrogens with zero attached hydrogens (tertiary/aromatic N) is 2. The number of aromatic nitrogens is 2. The Labute approximate surface area is 97.7 Å². The monoisotopic (exact) mass is 244 g/mol. The molecule has 15 heavy (non-hydrogen) atoms. The maximum Gasteiger partial charge on any atom is 0.155 e. The standard InChI is InChI=1S/C10H10Cl2N2O/c11-8-6-1-2-10(4-15-5-10)3-7(6)9(12)14-13-8/h1-5H2. The highest BCUT2D eigenvalue weighted by molar-refractivity contribution is 6.32. The van der Waals surface area contributed by atoms with Crippen LogP contribution in [-0.2, 0) is 17.6 Å². The quantitative estimate of drug-likeness (QED) is 0.703. The molecule has 3 nitrogen and oxygen atoms in total. The van der Waals surface area contributed by atoms with E-state index in [1.54, 1.807) is 0 Å². The molecule has 2 heterocycles. The van der Waals surface area contributed by atoms with Crippen LogP contribution in [0.1, 0.15) is 17.5 Å². The van der Waals surface area contributed by atoms with Crippen molar-refractivity contribution in [2.45, 2.75) is 19.3 Å². The summed E-state index contributed by atoms with van der Waals surface area (Å²) >= 11 is 12.1. The fraction of sp³-hybridized carbons (Fsp3) is 0.600. The molecular weight excluding hydrogens is 235 g/mol. The average molecular weight is 245 g/mol. The van der Waals surface area contributed by atoms with Gasteiger partial charge in [-0.25, -0.2) is 0 Å². The molecule has 1 aromatic heterocycles. The van der Waals surface area contributed by atoms with Crippen molar-refractivity contribution in [2.75, 3.05) is 13.2 Å². The largest absolute Gasteiger partial charge is 0.380 e. The summed E-state index contributed by atoms with van der Waals surface area (Å²) in [6, 6.07) is 0. The normalized spacial score (nSPS) is 22.3. The highest BCUT2D eigenvalue weighted by Crippen LogP contribution is 2.43. The van der Waals surface area contributed by atoms with Gasteiger partial charge >= 0.3 is 0 Å². The van der Waals surface area contributed by atoms with Crippen LogP contribution in [0.25, 0.3) is 0 Å². The second kappa shape index (κ2) is 3.30. The van der Waals surface area contributed by atoms with E-state index in [2.05, 4.69) is 10.2 Å². The van der Waals surface area contributed by atoms with Crippen molar-refractivity contribution in [3.05, 3.63) is 21.4 Å². The van der Waals surface area contributed by atoms with Crippen LogP contribution in [0.4, 0.5) is 0 Å². The van der Waals surface area contributed by atoms with Crippen molar-refractivity contribution < 1.29 is 4.74 Å². The second-order valence-electron chi connectivity index (χ2n) is 4.41. The van der Waals surface area contributed by atoms with Crippen molar-refractivity contribution in [3.8, 4) is 0 Å². The molecule has 1 saturated heterocycles. The molecule has 5 heteroatoms. The molecule has 0 atom stereocenters. The van der Waals surface area contributed by atoms with Gasteiger partial charge in [0.05, 0.1) is 13.2 Å². The van der Waals surface area contributed by atoms with E-state index in [0.29, 0.717) is 15.7 Å². The lowest BCUT2D eigenvalue weighted by molar-refractivity contribution is -0.119. The molecule has 1 aromatic rings. The Morgan fingerprint density at radius 3 is 2.33 bits per heavy atom. The van der Waals surface area contributed by atoms with Gasteiger partial charge in [0.15, 0.2) is 10.3 Å². The first-order valence-corrected chi connectivity index (χ1v) is 5.73. The van der Waals surface area contributed by atoms with Crippen LogP contribution in [0, 0.1) is 5.41 Å². The molecule has 2 aliphatic rings. The topological polar surface area (TPSA) is 35.0 Å². The van der Waals surface area contributed by atoms with Crippen LogP contribution in [0.5, 0.6) is 0 Å². The lowest BCUT2D eigenvalue weighted by Crippen LogP contribution is -2.46. The van der Waals surface area contributed by atoms with Gasteiger partial charge < -0.3 is 4.74 Å². The van der Waals surface area contributed by atoms with E-state index in [0.717, 1.165) is 43.6 Å². The molecule has 0 radical (unpaired) electrons. The molecule has 1 fully saturated rings. The minimum absolute atomic E-state index is 0.295. The SMILES string of the molecule is Clc1nnc(Cl)c2c1CCC1(COC1)C2. The Hall–Kier alpha value is -0.380. The number of ether oxygens (including phenoxy) is 1. The minimum Gasteiger partial charge on any atom is -0.380 e. The van der Waals surface area contributed by atoms with Crippen molar-refractivity contribution in [1.29, 1.82) is 0 Å². The summed E-state index contributed by atoms with van der Waals surface area (Å²) < 4.78 is 5.29. The Morgan fingerprint density at radius 2 is 1.73 bits per heavy atom. The Morgan fingerprint density at radius 1 is 1.07 bits per heavy atom. The smallest absolute Gasteiger partial charge is 0.155 e. The van der Waals surface area contributed by atoms with Crippen LogP contribution in [-0.4, -0.2) is 23.4 Å². The zero-order chi connectivity index (χ0) is 10.5. The Bertz CT molecular complexity index is 418. The van der Waals surface area contributed by atoms with Gasteiger partial charge in [0.2, 0.25) is 0 Å². The second-order valence-corrected chi connectivity index (χ2v) is 5.12. The van der Waals surface area contributed by atoms with E-state index in [-0.39, 0.29) is 0 Å². The van der Waals surface area contributed by atoms with Gasteiger partial charge in [-0.05, 0) is 30.4 Å². The minimum atomic E-state index is 0.295. The van der Waals surface area contributed by atoms with Crippen LogP contribution >= 0.6 is 23.2 Å². The number of hydrogen-bond donors (Lipinski definition) is 0. The van der Waals surface area contributed by atoms with Gasteiger partial charge in [0, 0.05) is 5.41 Å². The lowest BCUT2D eigenvalue weighted by Gasteiger charge is -2.44. The fourth-order valence-electron chi connectivity index (χ4n) is 2.38. The van der Waals surface area contributed by atoms with Crippen molar-refractivity contribution >= 4 is 23.2 Å². The van der Waals surface area contributed by atoms with Crippen LogP contribution in [0.2, 0.25) is 10.3 Å². The van der Waals surface area contributed by atoms with Gasteiger partial charge in [0.25, 0.3) is 0 Å². The van der Waals surface area contributed by atoms with E-state index < -0.39 is 0 Å². The molecule has 0 bridgehead atoms. The fourth-order valence-corrected chi connectivity index (χ4v) is 2.85. The molecular formula is C10H10Cl2N2O. The number of rotatable bonds is 0. The molecule has 1 aliphatic heterocycles. The third kappa shape index (κ3) is 1.45. The summed E-state index contributed by atoms with van der Waals surface area (Å²) in [6.07, 6.45) is 2.98. The maximum atomic E-state index is 6.05. The zero-order valence-electron chi connectivity index (χ0n) is 8.09. The highest BCUT2D eigenvalue weighted by atomic mass is 35.5. The zero-order valence-corrected chi connectivity index (χ0v) is 9.61. The van der Waals surface area contributed by atoms with Crippen LogP contribution in [0.15, 0.2) is 0 Å². The van der Waals surface area contributed by atoms with Gasteiger partial charge in [-0.2, -0.15) is 0 Å². The third-order valence-electron chi connectivity index (χ3n) is 3.36. The third-order valence-corrected chi connectivity index (χ3v) is 3.97. The van der Waals surface area contributed by atoms with Gasteiger partial charge in [0.1, 0.15) is 0 Å². The summed E-state index contributed by atoms with van der Waals surface area (Å²) in [4.78, 5) is 0. The molecule has 80 valence electrons. The average Bonchev–Trinajstić information content (AvgIpc) is 2.21. The molecule has 3 rings (SSSR count). The molecule has 1 aliphatic carbocycles. The Kier molecular flexibility index (Phi) is 2.16. The van der Waals surface area contributed by atoms with Crippen molar-refractivity contribution in [2.24, 2.45) is 5.41 Å². The predicted molar refractivity (Wildman–Crippen MR) is 57.3 cm³/mol. The molecule has 0 aromatic carbocycles. The molecule has 0 saturated carbocycles. The summed E-state index contributed by atoms with van der Waals surface area (Å²) in [5.74, 6) is 0. The first-order valence-electron chi connectivity index (χ1n) is 4.97. The van der Waals surface area contributed by atoms with E-state index in [4.69, 9.17) is 27.9 Å². The van der Waals surface area contributed by atoms with Crippen LogP contribution in [0.3, 0.4) is 0 Å². The van der Waals surface area contributed by atoms with Crippen molar-refractivity contribution in [1.82, 2.24) is 10.2 Å². The van der Waals surface area contributed by atoms with E-state index in [1.807, 2.05) is 0 Å². The lowest BCUT2D eigenvalue weighted by atomic mass is 9.71. The molecule has 0 unspecified atom stereocenters. The van der Waals surface area contributed by atoms with E-state index in [9.17, 15) is 0 Å². The summed E-state index contributed by atoms with van der Waals surface area (Å²) in [5.41, 5.74) is 2.45. The number of halogens is 2. The summed E-state index contributed by atoms with van der Waals surface area (Å²) in [7, 11) is 0. The molecule has 0 amide bonds. The van der Waals surface area contributed by atoms with Gasteiger partial charge in [-0.3, -0.25) is 0 Å². The first-order chi connectivity index (χ1) is 7.20. The molecule has 1 spiro atoms. The Balaban J connectivity index is 2.04. The van der Waals surface area contributed by atoms with Crippen molar-refractivity contribution in [3.63, 3.8) is 0 Å². The van der Waals surface area contributed by atoms with E-state index in [1.165, 1.54) is 0 Å². The highest BCUT2D eigenvalue weighted by Gasteiger charge is 2.42. The number of fused-ring (bicyclic) bond motifs is 1. The molecule has 0 N–H and O–H groups in total. The van der Waals surface area contributed by atoms with Crippen LogP contribution < -0.4 is 0 Å².